The molecule has 2 aromatic heterocycles. The molecule has 0 aliphatic carbocycles. The summed E-state index contributed by atoms with van der Waals surface area (Å²) in [5.74, 6) is 1.46. The highest BCUT2D eigenvalue weighted by Gasteiger charge is 2.16. The van der Waals surface area contributed by atoms with Crippen LogP contribution in [0, 0.1) is 10.1 Å². The number of nitro groups is 1. The van der Waals surface area contributed by atoms with Crippen LogP contribution in [-0.4, -0.2) is 32.7 Å². The molecule has 140 valence electrons. The van der Waals surface area contributed by atoms with Crippen LogP contribution in [0.15, 0.2) is 48.7 Å². The van der Waals surface area contributed by atoms with Crippen molar-refractivity contribution in [1.29, 1.82) is 0 Å². The molecule has 0 unspecified atom stereocenters. The third kappa shape index (κ3) is 2.95. The van der Waals surface area contributed by atoms with Gasteiger partial charge in [0.25, 0.3) is 5.69 Å². The molecule has 1 aliphatic rings. The standard InChI is InChI=1S/C19H14N4O4S/c24-23(25)14-4-1-3-13(9-14)18-21-22-11-15(20-19(22)28-18)12-5-6-16-17(10-12)27-8-2-7-26-16/h1,3-6,9-11H,2,7-8H2. The second kappa shape index (κ2) is 6.61. The van der Waals surface area contributed by atoms with Crippen molar-refractivity contribution < 1.29 is 14.4 Å². The summed E-state index contributed by atoms with van der Waals surface area (Å²) in [6.45, 7) is 1.28. The lowest BCUT2D eigenvalue weighted by Gasteiger charge is -2.07. The highest BCUT2D eigenvalue weighted by molar-refractivity contribution is 7.19. The van der Waals surface area contributed by atoms with Crippen LogP contribution in [-0.2, 0) is 0 Å². The van der Waals surface area contributed by atoms with Crippen LogP contribution >= 0.6 is 11.3 Å². The van der Waals surface area contributed by atoms with Crippen LogP contribution in [0.2, 0.25) is 0 Å². The summed E-state index contributed by atoms with van der Waals surface area (Å²) in [5.41, 5.74) is 2.43. The van der Waals surface area contributed by atoms with Crippen molar-refractivity contribution in [3.8, 4) is 33.3 Å². The quantitative estimate of drug-likeness (QED) is 0.382. The first-order chi connectivity index (χ1) is 13.7. The fourth-order valence-electron chi connectivity index (χ4n) is 3.03. The highest BCUT2D eigenvalue weighted by atomic mass is 32.1. The van der Waals surface area contributed by atoms with E-state index in [2.05, 4.69) is 10.1 Å². The predicted molar refractivity (Wildman–Crippen MR) is 104 cm³/mol. The number of imidazole rings is 1. The Labute approximate surface area is 163 Å². The molecule has 1 aliphatic heterocycles. The Hall–Kier alpha value is -3.46. The van der Waals surface area contributed by atoms with Gasteiger partial charge < -0.3 is 9.47 Å². The molecule has 28 heavy (non-hydrogen) atoms. The fourth-order valence-corrected chi connectivity index (χ4v) is 3.91. The number of nitro benzene ring substituents is 1. The molecule has 0 bridgehead atoms. The molecule has 0 fully saturated rings. The number of non-ortho nitro benzene ring substituents is 1. The lowest BCUT2D eigenvalue weighted by molar-refractivity contribution is -0.384. The normalized spacial score (nSPS) is 13.4. The van der Waals surface area contributed by atoms with Crippen molar-refractivity contribution >= 4 is 22.0 Å². The smallest absolute Gasteiger partial charge is 0.270 e. The van der Waals surface area contributed by atoms with Crippen molar-refractivity contribution in [3.63, 3.8) is 0 Å². The predicted octanol–water partition coefficient (Wildman–Crippen LogP) is 4.19. The minimum Gasteiger partial charge on any atom is -0.490 e. The zero-order valence-electron chi connectivity index (χ0n) is 14.6. The van der Waals surface area contributed by atoms with E-state index in [9.17, 15) is 10.1 Å². The van der Waals surface area contributed by atoms with Gasteiger partial charge in [-0.2, -0.15) is 5.10 Å². The number of ether oxygens (including phenoxy) is 2. The van der Waals surface area contributed by atoms with E-state index in [4.69, 9.17) is 9.47 Å². The Bertz CT molecular complexity index is 1170. The lowest BCUT2D eigenvalue weighted by atomic mass is 10.1. The molecule has 0 N–H and O–H groups in total. The van der Waals surface area contributed by atoms with Gasteiger partial charge in [0, 0.05) is 29.7 Å². The largest absolute Gasteiger partial charge is 0.490 e. The Balaban J connectivity index is 1.49. The Morgan fingerprint density at radius 1 is 1.07 bits per heavy atom. The molecule has 0 saturated heterocycles. The molecule has 0 saturated carbocycles. The summed E-state index contributed by atoms with van der Waals surface area (Å²) in [7, 11) is 0. The molecular formula is C19H14N4O4S. The third-order valence-corrected chi connectivity index (χ3v) is 5.36. The molecular weight excluding hydrogens is 380 g/mol. The van der Waals surface area contributed by atoms with Gasteiger partial charge in [0.1, 0.15) is 5.01 Å². The van der Waals surface area contributed by atoms with Crippen LogP contribution in [0.1, 0.15) is 6.42 Å². The third-order valence-electron chi connectivity index (χ3n) is 4.39. The monoisotopic (exact) mass is 394 g/mol. The molecule has 0 spiro atoms. The van der Waals surface area contributed by atoms with Crippen molar-refractivity contribution in [2.75, 3.05) is 13.2 Å². The molecule has 5 rings (SSSR count). The first-order valence-electron chi connectivity index (χ1n) is 8.68. The van der Waals surface area contributed by atoms with Gasteiger partial charge in [0.15, 0.2) is 11.5 Å². The van der Waals surface area contributed by atoms with Crippen molar-refractivity contribution in [2.45, 2.75) is 6.42 Å². The maximum absolute atomic E-state index is 11.0. The van der Waals surface area contributed by atoms with Gasteiger partial charge in [-0.15, -0.1) is 0 Å². The Kier molecular flexibility index (Phi) is 3.94. The van der Waals surface area contributed by atoms with Crippen LogP contribution in [0.3, 0.4) is 0 Å². The lowest BCUT2D eigenvalue weighted by Crippen LogP contribution is -1.97. The van der Waals surface area contributed by atoms with Crippen molar-refractivity contribution in [3.05, 3.63) is 58.8 Å². The zero-order chi connectivity index (χ0) is 19.1. The molecule has 2 aromatic carbocycles. The SMILES string of the molecule is O=[N+]([O-])c1cccc(-c2nn3cc(-c4ccc5c(c4)OCCCO5)nc3s2)c1. The number of benzene rings is 2. The average Bonchev–Trinajstić information content (AvgIpc) is 3.19. The first-order valence-corrected chi connectivity index (χ1v) is 9.50. The Morgan fingerprint density at radius 2 is 1.93 bits per heavy atom. The number of hydrogen-bond acceptors (Lipinski definition) is 7. The van der Waals surface area contributed by atoms with Crippen LogP contribution in [0.4, 0.5) is 5.69 Å². The topological polar surface area (TPSA) is 91.8 Å². The summed E-state index contributed by atoms with van der Waals surface area (Å²) in [6, 6.07) is 12.2. The van der Waals surface area contributed by atoms with Gasteiger partial charge >= 0.3 is 0 Å². The summed E-state index contributed by atoms with van der Waals surface area (Å²) in [5, 5.41) is 16.2. The zero-order valence-corrected chi connectivity index (χ0v) is 15.4. The van der Waals surface area contributed by atoms with Crippen LogP contribution in [0.5, 0.6) is 11.5 Å². The second-order valence-corrected chi connectivity index (χ2v) is 7.24. The molecule has 4 aromatic rings. The number of rotatable bonds is 3. The summed E-state index contributed by atoms with van der Waals surface area (Å²) in [4.78, 5) is 15.9. The maximum atomic E-state index is 11.0. The van der Waals surface area contributed by atoms with E-state index in [-0.39, 0.29) is 5.69 Å². The number of fused-ring (bicyclic) bond motifs is 2. The van der Waals surface area contributed by atoms with Crippen molar-refractivity contribution in [1.82, 2.24) is 14.6 Å². The van der Waals surface area contributed by atoms with E-state index in [0.717, 1.165) is 29.2 Å². The molecule has 9 heteroatoms. The average molecular weight is 394 g/mol. The molecule has 0 amide bonds. The summed E-state index contributed by atoms with van der Waals surface area (Å²) >= 11 is 1.38. The van der Waals surface area contributed by atoms with E-state index in [1.54, 1.807) is 16.6 Å². The fraction of sp³-hybridized carbons (Fsp3) is 0.158. The van der Waals surface area contributed by atoms with E-state index in [0.29, 0.717) is 28.7 Å². The molecule has 8 nitrogen and oxygen atoms in total. The number of hydrogen-bond donors (Lipinski definition) is 0. The summed E-state index contributed by atoms with van der Waals surface area (Å²) < 4.78 is 13.1. The molecule has 0 atom stereocenters. The number of aromatic nitrogens is 3. The van der Waals surface area contributed by atoms with Gasteiger partial charge in [0.05, 0.1) is 30.0 Å². The van der Waals surface area contributed by atoms with Crippen LogP contribution < -0.4 is 9.47 Å². The first kappa shape index (κ1) is 16.7. The minimum atomic E-state index is -0.412. The van der Waals surface area contributed by atoms with Gasteiger partial charge in [-0.1, -0.05) is 23.5 Å². The van der Waals surface area contributed by atoms with Gasteiger partial charge in [0.2, 0.25) is 4.96 Å². The maximum Gasteiger partial charge on any atom is 0.270 e. The van der Waals surface area contributed by atoms with E-state index in [1.165, 1.54) is 23.5 Å². The van der Waals surface area contributed by atoms with Crippen molar-refractivity contribution in [2.24, 2.45) is 0 Å². The minimum absolute atomic E-state index is 0.0400. The Morgan fingerprint density at radius 3 is 2.75 bits per heavy atom. The summed E-state index contributed by atoms with van der Waals surface area (Å²) in [6.07, 6.45) is 2.69. The molecule has 0 radical (unpaired) electrons. The van der Waals surface area contributed by atoms with E-state index < -0.39 is 4.92 Å². The van der Waals surface area contributed by atoms with Gasteiger partial charge in [-0.25, -0.2) is 9.50 Å². The molecule has 3 heterocycles. The van der Waals surface area contributed by atoms with E-state index in [1.807, 2.05) is 24.4 Å². The second-order valence-electron chi connectivity index (χ2n) is 6.28. The highest BCUT2D eigenvalue weighted by Crippen LogP contribution is 2.35. The van der Waals surface area contributed by atoms with Gasteiger partial charge in [-0.05, 0) is 18.2 Å². The van der Waals surface area contributed by atoms with Gasteiger partial charge in [-0.3, -0.25) is 10.1 Å². The van der Waals surface area contributed by atoms with Crippen LogP contribution in [0.25, 0.3) is 26.8 Å². The van der Waals surface area contributed by atoms with E-state index >= 15 is 0 Å². The number of nitrogens with zero attached hydrogens (tertiary/aromatic N) is 4.